The van der Waals surface area contributed by atoms with E-state index in [0.717, 1.165) is 51.4 Å². The number of hydrogen-bond donors (Lipinski definition) is 1. The predicted octanol–water partition coefficient (Wildman–Crippen LogP) is 6.68. The number of thioether (sulfide) groups is 1. The molecule has 1 aliphatic carbocycles. The van der Waals surface area contributed by atoms with E-state index in [1.807, 2.05) is 0 Å². The van der Waals surface area contributed by atoms with Crippen LogP contribution in [0.25, 0.3) is 0 Å². The van der Waals surface area contributed by atoms with Crippen LogP contribution in [0, 0.1) is 17.3 Å². The Hall–Kier alpha value is -1.29. The van der Waals surface area contributed by atoms with Gasteiger partial charge in [-0.1, -0.05) is 71.8 Å². The minimum absolute atomic E-state index is 0.0715. The summed E-state index contributed by atoms with van der Waals surface area (Å²) >= 11 is 0.569. The van der Waals surface area contributed by atoms with Gasteiger partial charge in [0.15, 0.2) is 5.12 Å². The molecule has 0 radical (unpaired) electrons. The molecule has 4 heteroatoms. The molecule has 0 saturated heterocycles. The molecule has 0 aromatic heterocycles. The smallest absolute Gasteiger partial charge is 0.230 e. The van der Waals surface area contributed by atoms with Crippen LogP contribution in [0.3, 0.4) is 0 Å². The van der Waals surface area contributed by atoms with Crippen LogP contribution < -0.4 is 5.32 Å². The highest BCUT2D eigenvalue weighted by Crippen LogP contribution is 2.44. The molecule has 27 heavy (non-hydrogen) atoms. The lowest BCUT2D eigenvalue weighted by Gasteiger charge is -2.38. The average molecular weight is 396 g/mol. The molecule has 1 saturated carbocycles. The number of carbonyl (C=O) groups is 2. The molecule has 0 spiro atoms. The van der Waals surface area contributed by atoms with Crippen LogP contribution in [-0.4, -0.2) is 11.0 Å². The number of carbonyl (C=O) groups excluding carboxylic acids is 2. The lowest BCUT2D eigenvalue weighted by atomic mass is 9.67. The molecule has 1 aromatic rings. The largest absolute Gasteiger partial charge is 0.325 e. The Morgan fingerprint density at radius 3 is 2.44 bits per heavy atom. The third kappa shape index (κ3) is 5.84. The Balaban J connectivity index is 2.28. The van der Waals surface area contributed by atoms with Gasteiger partial charge in [-0.3, -0.25) is 9.59 Å². The number of nitrogens with one attached hydrogen (secondary N) is 1. The normalized spacial score (nSPS) is 20.7. The highest BCUT2D eigenvalue weighted by Gasteiger charge is 2.40. The summed E-state index contributed by atoms with van der Waals surface area (Å²) in [6.45, 7) is -1.61. The average Bonchev–Trinajstić information content (AvgIpc) is 2.71. The van der Waals surface area contributed by atoms with Crippen molar-refractivity contribution in [3.05, 3.63) is 24.3 Å². The maximum absolute atomic E-state index is 13.6. The van der Waals surface area contributed by atoms with Crippen molar-refractivity contribution >= 4 is 28.5 Å². The number of rotatable bonds is 8. The van der Waals surface area contributed by atoms with Gasteiger partial charge >= 0.3 is 0 Å². The standard InChI is InChI=1S/C23H35NO2S/c1-5-18(6-2)16-23(14-10-7-11-15-23)22(26)24-19-12-8-9-13-20(19)27-21(25)17(3)4/h8-9,12-13,17-18H,5-7,10-11,14-16H2,1-4H3,(H,24,26)/i3D3,4D3. The molecule has 1 aromatic carbocycles. The van der Waals surface area contributed by atoms with Crippen molar-refractivity contribution in [2.45, 2.75) is 83.8 Å². The van der Waals surface area contributed by atoms with E-state index in [1.54, 1.807) is 24.3 Å². The molecule has 150 valence electrons. The monoisotopic (exact) mass is 395 g/mol. The van der Waals surface area contributed by atoms with Crippen LogP contribution in [0.5, 0.6) is 0 Å². The number of para-hydroxylation sites is 1. The fourth-order valence-corrected chi connectivity index (χ4v) is 4.67. The lowest BCUT2D eigenvalue weighted by molar-refractivity contribution is -0.128. The van der Waals surface area contributed by atoms with Crippen LogP contribution in [-0.2, 0) is 9.59 Å². The van der Waals surface area contributed by atoms with Gasteiger partial charge in [-0.15, -0.1) is 0 Å². The fraction of sp³-hybridized carbons (Fsp3) is 0.652. The van der Waals surface area contributed by atoms with Crippen molar-refractivity contribution in [3.8, 4) is 0 Å². The second kappa shape index (κ2) is 10.3. The van der Waals surface area contributed by atoms with Crippen molar-refractivity contribution in [1.82, 2.24) is 0 Å². The first kappa shape index (κ1) is 14.7. The first-order chi connectivity index (χ1) is 15.3. The molecule has 1 fully saturated rings. The number of anilines is 1. The number of amides is 1. The predicted molar refractivity (Wildman–Crippen MR) is 115 cm³/mol. The molecule has 0 unspecified atom stereocenters. The topological polar surface area (TPSA) is 46.2 Å². The molecule has 0 atom stereocenters. The van der Waals surface area contributed by atoms with E-state index in [-0.39, 0.29) is 5.91 Å². The zero-order valence-electron chi connectivity index (χ0n) is 22.3. The summed E-state index contributed by atoms with van der Waals surface area (Å²) in [5, 5.41) is 2.05. The van der Waals surface area contributed by atoms with Crippen molar-refractivity contribution in [1.29, 1.82) is 0 Å². The SMILES string of the molecule is [2H]C([2H])([2H])C(C(=O)Sc1ccccc1NC(=O)C1(CC(CC)CC)CCCCC1)C([2H])([2H])[2H]. The molecule has 3 nitrogen and oxygen atoms in total. The highest BCUT2D eigenvalue weighted by molar-refractivity contribution is 8.13. The van der Waals surface area contributed by atoms with Crippen LogP contribution >= 0.6 is 11.8 Å². The van der Waals surface area contributed by atoms with Crippen molar-refractivity contribution in [2.24, 2.45) is 17.3 Å². The fourth-order valence-electron chi connectivity index (χ4n) is 3.96. The molecule has 0 bridgehead atoms. The van der Waals surface area contributed by atoms with E-state index in [9.17, 15) is 9.59 Å². The van der Waals surface area contributed by atoms with Gasteiger partial charge in [0.25, 0.3) is 0 Å². The van der Waals surface area contributed by atoms with E-state index >= 15 is 0 Å². The van der Waals surface area contributed by atoms with Crippen LogP contribution in [0.15, 0.2) is 29.2 Å². The Labute approximate surface area is 177 Å². The highest BCUT2D eigenvalue weighted by atomic mass is 32.2. The molecule has 2 rings (SSSR count). The van der Waals surface area contributed by atoms with Gasteiger partial charge in [-0.2, -0.15) is 0 Å². The van der Waals surface area contributed by atoms with Crippen LogP contribution in [0.2, 0.25) is 0 Å². The maximum atomic E-state index is 13.6. The zero-order chi connectivity index (χ0) is 24.9. The van der Waals surface area contributed by atoms with Gasteiger partial charge in [0.05, 0.1) is 5.69 Å². The summed E-state index contributed by atoms with van der Waals surface area (Å²) in [6.07, 6.45) is 7.61. The quantitative estimate of drug-likeness (QED) is 0.500. The molecule has 1 aliphatic rings. The van der Waals surface area contributed by atoms with Gasteiger partial charge in [0.2, 0.25) is 5.91 Å². The number of benzene rings is 1. The Morgan fingerprint density at radius 2 is 1.81 bits per heavy atom. The summed E-state index contributed by atoms with van der Waals surface area (Å²) in [4.78, 5) is 26.7. The summed E-state index contributed by atoms with van der Waals surface area (Å²) in [5.74, 6) is -1.71. The van der Waals surface area contributed by atoms with Gasteiger partial charge in [0, 0.05) is 24.5 Å². The van der Waals surface area contributed by atoms with Gasteiger partial charge in [0.1, 0.15) is 0 Å². The van der Waals surface area contributed by atoms with Crippen molar-refractivity contribution in [2.75, 3.05) is 5.32 Å². The summed E-state index contributed by atoms with van der Waals surface area (Å²) < 4.78 is 45.2. The van der Waals surface area contributed by atoms with E-state index in [2.05, 4.69) is 19.2 Å². The molecular weight excluding hydrogens is 354 g/mol. The molecular formula is C23H35NO2S. The maximum Gasteiger partial charge on any atom is 0.230 e. The van der Waals surface area contributed by atoms with Crippen molar-refractivity contribution in [3.63, 3.8) is 0 Å². The Kier molecular flexibility index (Phi) is 5.60. The minimum Gasteiger partial charge on any atom is -0.325 e. The van der Waals surface area contributed by atoms with E-state index in [0.29, 0.717) is 28.3 Å². The van der Waals surface area contributed by atoms with Crippen LogP contribution in [0.1, 0.15) is 87.1 Å². The first-order valence-corrected chi connectivity index (χ1v) is 10.8. The zero-order valence-corrected chi connectivity index (χ0v) is 17.2. The first-order valence-electron chi connectivity index (χ1n) is 13.0. The second-order valence-electron chi connectivity index (χ2n) is 7.53. The van der Waals surface area contributed by atoms with Gasteiger partial charge in [-0.25, -0.2) is 0 Å². The lowest BCUT2D eigenvalue weighted by Crippen LogP contribution is -2.39. The Bertz CT molecular complexity index is 800. The molecule has 1 N–H and O–H groups in total. The van der Waals surface area contributed by atoms with Crippen molar-refractivity contribution < 1.29 is 17.8 Å². The summed E-state index contributed by atoms with van der Waals surface area (Å²) in [6, 6.07) is 6.67. The van der Waals surface area contributed by atoms with Gasteiger partial charge < -0.3 is 5.32 Å². The van der Waals surface area contributed by atoms with Crippen LogP contribution in [0.4, 0.5) is 5.69 Å². The van der Waals surface area contributed by atoms with E-state index < -0.39 is 30.2 Å². The second-order valence-corrected chi connectivity index (χ2v) is 8.58. The summed E-state index contributed by atoms with van der Waals surface area (Å²) in [5.41, 5.74) is -0.0541. The summed E-state index contributed by atoms with van der Waals surface area (Å²) in [7, 11) is 0. The molecule has 0 heterocycles. The Morgan fingerprint density at radius 1 is 1.15 bits per heavy atom. The molecule has 1 amide bonds. The van der Waals surface area contributed by atoms with E-state index in [1.165, 1.54) is 0 Å². The van der Waals surface area contributed by atoms with E-state index in [4.69, 9.17) is 8.22 Å². The van der Waals surface area contributed by atoms with Gasteiger partial charge in [-0.05, 0) is 49.1 Å². The number of hydrogen-bond acceptors (Lipinski definition) is 3. The third-order valence-electron chi connectivity index (χ3n) is 5.71. The minimum atomic E-state index is -2.95. The third-order valence-corrected chi connectivity index (χ3v) is 6.72. The molecule has 0 aliphatic heterocycles.